The molecule has 7 nitrogen and oxygen atoms in total. The van der Waals surface area contributed by atoms with Gasteiger partial charge in [-0.3, -0.25) is 14.4 Å². The molecule has 0 bridgehead atoms. The normalized spacial score (nSPS) is 13.7. The zero-order chi connectivity index (χ0) is 22.0. The fourth-order valence-corrected chi connectivity index (χ4v) is 2.29. The Morgan fingerprint density at radius 2 is 1.76 bits per heavy atom. The molecule has 0 aliphatic rings. The average Bonchev–Trinajstić information content (AvgIpc) is 2.70. The molecule has 7 heteroatoms. The van der Waals surface area contributed by atoms with E-state index in [0.29, 0.717) is 17.9 Å². The lowest BCUT2D eigenvalue weighted by atomic mass is 9.90. The van der Waals surface area contributed by atoms with Crippen LogP contribution >= 0.6 is 0 Å². The van der Waals surface area contributed by atoms with E-state index in [1.165, 1.54) is 6.92 Å². The van der Waals surface area contributed by atoms with Crippen molar-refractivity contribution in [3.8, 4) is 11.8 Å². The molecule has 1 N–H and O–H groups in total. The van der Waals surface area contributed by atoms with Crippen LogP contribution in [-0.4, -0.2) is 35.9 Å². The van der Waals surface area contributed by atoms with E-state index in [2.05, 4.69) is 11.4 Å². The van der Waals surface area contributed by atoms with E-state index in [-0.39, 0.29) is 24.5 Å². The van der Waals surface area contributed by atoms with Crippen molar-refractivity contribution >= 4 is 17.7 Å². The van der Waals surface area contributed by atoms with Crippen LogP contribution in [0.3, 0.4) is 0 Å². The summed E-state index contributed by atoms with van der Waals surface area (Å²) in [4.78, 5) is 36.4. The predicted molar refractivity (Wildman–Crippen MR) is 108 cm³/mol. The molecule has 1 amide bonds. The lowest BCUT2D eigenvalue weighted by molar-refractivity contribution is -0.155. The Bertz CT molecular complexity index is 751. The van der Waals surface area contributed by atoms with Crippen molar-refractivity contribution in [3.05, 3.63) is 29.8 Å². The van der Waals surface area contributed by atoms with Crippen LogP contribution in [0.1, 0.15) is 64.2 Å². The topological polar surface area (TPSA) is 105 Å². The van der Waals surface area contributed by atoms with Crippen molar-refractivity contribution in [1.29, 1.82) is 5.26 Å². The number of amides is 1. The Labute approximate surface area is 172 Å². The third-order valence-electron chi connectivity index (χ3n) is 4.65. The number of nitrogens with one attached hydrogen (secondary N) is 1. The van der Waals surface area contributed by atoms with Crippen LogP contribution in [0.5, 0.6) is 5.75 Å². The number of carbonyl (C=O) groups is 3. The number of nitrogens with zero attached hydrogens (tertiary/aromatic N) is 1. The van der Waals surface area contributed by atoms with Crippen molar-refractivity contribution in [2.75, 3.05) is 6.61 Å². The highest BCUT2D eigenvalue weighted by molar-refractivity contribution is 5.97. The standard InChI is InChI=1S/C22H30N2O5/c1-6-13-28-18-9-7-17(8-10-18)19(25)11-12-20(26)29-16(4)21(27)24-22(5,14-23)15(2)3/h7-10,15-16H,6,11-13H2,1-5H3,(H,24,27). The molecule has 1 aromatic carbocycles. The molecule has 1 rings (SSSR count). The van der Waals surface area contributed by atoms with Crippen molar-refractivity contribution in [2.45, 2.75) is 65.5 Å². The average molecular weight is 402 g/mol. The summed E-state index contributed by atoms with van der Waals surface area (Å²) >= 11 is 0. The van der Waals surface area contributed by atoms with E-state index in [4.69, 9.17) is 9.47 Å². The summed E-state index contributed by atoms with van der Waals surface area (Å²) < 4.78 is 10.6. The smallest absolute Gasteiger partial charge is 0.307 e. The predicted octanol–water partition coefficient (Wildman–Crippen LogP) is 3.42. The third-order valence-corrected chi connectivity index (χ3v) is 4.65. The lowest BCUT2D eigenvalue weighted by Gasteiger charge is -2.28. The maximum Gasteiger partial charge on any atom is 0.307 e. The van der Waals surface area contributed by atoms with Crippen LogP contribution in [0.4, 0.5) is 0 Å². The molecule has 0 heterocycles. The largest absolute Gasteiger partial charge is 0.494 e. The van der Waals surface area contributed by atoms with Crippen LogP contribution in [0, 0.1) is 17.2 Å². The Hall–Kier alpha value is -2.88. The highest BCUT2D eigenvalue weighted by Gasteiger charge is 2.32. The number of nitriles is 1. The van der Waals surface area contributed by atoms with Gasteiger partial charge in [-0.2, -0.15) is 5.26 Å². The second-order valence-electron chi connectivity index (χ2n) is 7.39. The molecular weight excluding hydrogens is 372 g/mol. The molecule has 0 saturated carbocycles. The van der Waals surface area contributed by atoms with E-state index in [0.717, 1.165) is 6.42 Å². The second-order valence-corrected chi connectivity index (χ2v) is 7.39. The second kappa shape index (κ2) is 11.2. The number of hydrogen-bond donors (Lipinski definition) is 1. The molecule has 29 heavy (non-hydrogen) atoms. The molecule has 0 spiro atoms. The van der Waals surface area contributed by atoms with Gasteiger partial charge >= 0.3 is 5.97 Å². The lowest BCUT2D eigenvalue weighted by Crippen LogP contribution is -2.52. The molecule has 0 aliphatic carbocycles. The minimum atomic E-state index is -1.06. The first kappa shape index (κ1) is 24.2. The number of benzene rings is 1. The molecule has 2 unspecified atom stereocenters. The zero-order valence-electron chi connectivity index (χ0n) is 17.8. The summed E-state index contributed by atoms with van der Waals surface area (Å²) in [5.41, 5.74) is -0.574. The quantitative estimate of drug-likeness (QED) is 0.449. The number of hydrogen-bond acceptors (Lipinski definition) is 6. The number of rotatable bonds is 11. The van der Waals surface area contributed by atoms with Gasteiger partial charge < -0.3 is 14.8 Å². The van der Waals surface area contributed by atoms with Gasteiger partial charge in [0, 0.05) is 12.0 Å². The van der Waals surface area contributed by atoms with Gasteiger partial charge in [-0.05, 0) is 50.5 Å². The van der Waals surface area contributed by atoms with Crippen LogP contribution in [0.15, 0.2) is 24.3 Å². The molecule has 1 aromatic rings. The summed E-state index contributed by atoms with van der Waals surface area (Å²) in [6, 6.07) is 8.81. The SMILES string of the molecule is CCCOc1ccc(C(=O)CCC(=O)OC(C)C(=O)NC(C)(C#N)C(C)C)cc1. The van der Waals surface area contributed by atoms with Crippen LogP contribution in [0.2, 0.25) is 0 Å². The van der Waals surface area contributed by atoms with Crippen molar-refractivity contribution in [3.63, 3.8) is 0 Å². The highest BCUT2D eigenvalue weighted by atomic mass is 16.5. The van der Waals surface area contributed by atoms with Crippen molar-refractivity contribution in [1.82, 2.24) is 5.32 Å². The maximum atomic E-state index is 12.2. The van der Waals surface area contributed by atoms with Gasteiger partial charge in [0.15, 0.2) is 11.9 Å². The number of Topliss-reactive ketones (excluding diaryl/α,β-unsaturated/α-hetero) is 1. The molecule has 0 fully saturated rings. The van der Waals surface area contributed by atoms with E-state index in [9.17, 15) is 19.6 Å². The summed E-state index contributed by atoms with van der Waals surface area (Å²) in [6.07, 6.45) is -0.319. The minimum Gasteiger partial charge on any atom is -0.494 e. The highest BCUT2D eigenvalue weighted by Crippen LogP contribution is 2.16. The molecule has 158 valence electrons. The van der Waals surface area contributed by atoms with E-state index in [1.54, 1.807) is 31.2 Å². The van der Waals surface area contributed by atoms with Gasteiger partial charge in [-0.1, -0.05) is 20.8 Å². The van der Waals surface area contributed by atoms with E-state index >= 15 is 0 Å². The third kappa shape index (κ3) is 7.57. The van der Waals surface area contributed by atoms with Gasteiger partial charge in [0.05, 0.1) is 19.1 Å². The van der Waals surface area contributed by atoms with Crippen LogP contribution < -0.4 is 10.1 Å². The summed E-state index contributed by atoms with van der Waals surface area (Å²) in [5.74, 6) is -0.820. The first-order valence-electron chi connectivity index (χ1n) is 9.81. The Morgan fingerprint density at radius 1 is 1.14 bits per heavy atom. The fourth-order valence-electron chi connectivity index (χ4n) is 2.29. The monoisotopic (exact) mass is 402 g/mol. The van der Waals surface area contributed by atoms with Gasteiger partial charge in [0.25, 0.3) is 5.91 Å². The van der Waals surface area contributed by atoms with Crippen molar-refractivity contribution < 1.29 is 23.9 Å². The number of ether oxygens (including phenoxy) is 2. The van der Waals surface area contributed by atoms with Gasteiger partial charge in [-0.25, -0.2) is 0 Å². The number of carbonyl (C=O) groups excluding carboxylic acids is 3. The molecule has 0 aromatic heterocycles. The maximum absolute atomic E-state index is 12.2. The fraction of sp³-hybridized carbons (Fsp3) is 0.545. The van der Waals surface area contributed by atoms with Crippen LogP contribution in [0.25, 0.3) is 0 Å². The Kier molecular flexibility index (Phi) is 9.33. The molecule has 0 radical (unpaired) electrons. The number of esters is 1. The summed E-state index contributed by atoms with van der Waals surface area (Å²) in [6.45, 7) is 9.29. The Balaban J connectivity index is 2.50. The van der Waals surface area contributed by atoms with Crippen molar-refractivity contribution in [2.24, 2.45) is 5.92 Å². The molecular formula is C22H30N2O5. The molecule has 2 atom stereocenters. The van der Waals surface area contributed by atoms with Crippen LogP contribution in [-0.2, 0) is 14.3 Å². The van der Waals surface area contributed by atoms with Gasteiger partial charge in [0.2, 0.25) is 0 Å². The molecule has 0 saturated heterocycles. The summed E-state index contributed by atoms with van der Waals surface area (Å²) in [7, 11) is 0. The molecule has 0 aliphatic heterocycles. The van der Waals surface area contributed by atoms with Gasteiger partial charge in [-0.15, -0.1) is 0 Å². The minimum absolute atomic E-state index is 0.0236. The van der Waals surface area contributed by atoms with E-state index < -0.39 is 23.5 Å². The zero-order valence-corrected chi connectivity index (χ0v) is 17.8. The van der Waals surface area contributed by atoms with Gasteiger partial charge in [0.1, 0.15) is 11.3 Å². The summed E-state index contributed by atoms with van der Waals surface area (Å²) in [5, 5.41) is 11.9. The van der Waals surface area contributed by atoms with E-state index in [1.807, 2.05) is 20.8 Å². The first-order chi connectivity index (χ1) is 13.6. The Morgan fingerprint density at radius 3 is 2.28 bits per heavy atom. The first-order valence-corrected chi connectivity index (χ1v) is 9.81. The number of ketones is 1.